The standard InChI is InChI=1S/C20H16N4O8S/c25-14-7-5-12(18(26)10-14)11-21-22-17-8-6-13(24(29)30)9-19(17)33(31,32)23-16-4-2-1-3-15(16)20(27)28/h1-11,22-23,25-26H,(H,27,28)/b21-11-. The summed E-state index contributed by atoms with van der Waals surface area (Å²) in [7, 11) is -4.50. The minimum absolute atomic E-state index is 0.157. The van der Waals surface area contributed by atoms with Crippen LogP contribution < -0.4 is 10.1 Å². The van der Waals surface area contributed by atoms with E-state index in [0.29, 0.717) is 0 Å². The number of nitro benzene ring substituents is 1. The molecule has 170 valence electrons. The number of hydrazone groups is 1. The number of hydrogen-bond acceptors (Lipinski definition) is 9. The molecule has 0 aliphatic rings. The summed E-state index contributed by atoms with van der Waals surface area (Å²) in [5.41, 5.74) is 1.40. The number of aromatic carboxylic acids is 1. The van der Waals surface area contributed by atoms with Crippen LogP contribution in [0.3, 0.4) is 0 Å². The van der Waals surface area contributed by atoms with Crippen molar-refractivity contribution in [1.82, 2.24) is 0 Å². The van der Waals surface area contributed by atoms with E-state index >= 15 is 0 Å². The lowest BCUT2D eigenvalue weighted by Crippen LogP contribution is -2.17. The fourth-order valence-electron chi connectivity index (χ4n) is 2.71. The Morgan fingerprint density at radius 3 is 2.42 bits per heavy atom. The zero-order valence-electron chi connectivity index (χ0n) is 16.5. The monoisotopic (exact) mass is 472 g/mol. The highest BCUT2D eigenvalue weighted by Gasteiger charge is 2.24. The number of nitrogens with zero attached hydrogens (tertiary/aromatic N) is 2. The number of sulfonamides is 1. The second-order valence-electron chi connectivity index (χ2n) is 6.51. The lowest BCUT2D eigenvalue weighted by molar-refractivity contribution is -0.385. The highest BCUT2D eigenvalue weighted by atomic mass is 32.2. The molecule has 0 atom stereocenters. The van der Waals surface area contributed by atoms with E-state index in [2.05, 4.69) is 15.2 Å². The van der Waals surface area contributed by atoms with Crippen molar-refractivity contribution in [3.8, 4) is 11.5 Å². The van der Waals surface area contributed by atoms with E-state index in [1.165, 1.54) is 36.4 Å². The minimum Gasteiger partial charge on any atom is -0.508 e. The predicted molar refractivity (Wildman–Crippen MR) is 118 cm³/mol. The van der Waals surface area contributed by atoms with Gasteiger partial charge in [0.05, 0.1) is 28.1 Å². The number of carbonyl (C=O) groups is 1. The third-order valence-corrected chi connectivity index (χ3v) is 5.68. The lowest BCUT2D eigenvalue weighted by atomic mass is 10.2. The second-order valence-corrected chi connectivity index (χ2v) is 8.16. The van der Waals surface area contributed by atoms with E-state index < -0.39 is 31.5 Å². The van der Waals surface area contributed by atoms with E-state index in [4.69, 9.17) is 0 Å². The number of phenols is 2. The van der Waals surface area contributed by atoms with Gasteiger partial charge in [0, 0.05) is 23.8 Å². The maximum absolute atomic E-state index is 13.0. The third kappa shape index (κ3) is 5.34. The van der Waals surface area contributed by atoms with E-state index in [-0.39, 0.29) is 34.0 Å². The fraction of sp³-hybridized carbons (Fsp3) is 0. The average Bonchev–Trinajstić information content (AvgIpc) is 2.75. The number of hydrogen-bond donors (Lipinski definition) is 5. The second kappa shape index (κ2) is 9.23. The van der Waals surface area contributed by atoms with Crippen LogP contribution in [0.4, 0.5) is 17.1 Å². The maximum Gasteiger partial charge on any atom is 0.337 e. The van der Waals surface area contributed by atoms with Crippen LogP contribution in [0, 0.1) is 10.1 Å². The van der Waals surface area contributed by atoms with Gasteiger partial charge in [0.15, 0.2) is 0 Å². The highest BCUT2D eigenvalue weighted by Crippen LogP contribution is 2.29. The first-order chi connectivity index (χ1) is 15.6. The Balaban J connectivity index is 1.99. The van der Waals surface area contributed by atoms with Crippen molar-refractivity contribution in [2.75, 3.05) is 10.1 Å². The molecule has 12 nitrogen and oxygen atoms in total. The number of anilines is 2. The first kappa shape index (κ1) is 23.0. The zero-order chi connectivity index (χ0) is 24.2. The van der Waals surface area contributed by atoms with Crippen LogP contribution in [-0.4, -0.2) is 40.8 Å². The Hall–Kier alpha value is -4.65. The minimum atomic E-state index is -4.50. The van der Waals surface area contributed by atoms with Gasteiger partial charge < -0.3 is 15.3 Å². The number of rotatable bonds is 8. The Bertz CT molecular complexity index is 1370. The Labute approximate surface area is 186 Å². The van der Waals surface area contributed by atoms with Crippen molar-refractivity contribution >= 4 is 39.3 Å². The lowest BCUT2D eigenvalue weighted by Gasteiger charge is -2.13. The quantitative estimate of drug-likeness (QED) is 0.186. The summed E-state index contributed by atoms with van der Waals surface area (Å²) < 4.78 is 28.1. The normalized spacial score (nSPS) is 11.3. The van der Waals surface area contributed by atoms with Crippen LogP contribution >= 0.6 is 0 Å². The number of carboxylic acid groups (broad SMARTS) is 1. The van der Waals surface area contributed by atoms with Crippen LogP contribution in [-0.2, 0) is 10.0 Å². The van der Waals surface area contributed by atoms with Crippen molar-refractivity contribution in [3.05, 3.63) is 81.9 Å². The van der Waals surface area contributed by atoms with E-state index in [1.807, 2.05) is 0 Å². The van der Waals surface area contributed by atoms with Crippen LogP contribution in [0.2, 0.25) is 0 Å². The molecule has 3 aromatic rings. The molecule has 0 aliphatic heterocycles. The van der Waals surface area contributed by atoms with E-state index in [9.17, 15) is 38.6 Å². The molecule has 0 fully saturated rings. The number of nitro groups is 1. The summed E-state index contributed by atoms with van der Waals surface area (Å²) in [6, 6.07) is 12.0. The molecule has 0 saturated heterocycles. The van der Waals surface area contributed by atoms with Crippen molar-refractivity contribution < 1.29 is 33.5 Å². The highest BCUT2D eigenvalue weighted by molar-refractivity contribution is 7.93. The topological polar surface area (TPSA) is 191 Å². The molecule has 0 aromatic heterocycles. The molecule has 3 rings (SSSR count). The van der Waals surface area contributed by atoms with Crippen molar-refractivity contribution in [3.63, 3.8) is 0 Å². The summed E-state index contributed by atoms with van der Waals surface area (Å²) in [6.07, 6.45) is 1.14. The molecule has 3 aromatic carbocycles. The van der Waals surface area contributed by atoms with Crippen LogP contribution in [0.25, 0.3) is 0 Å². The Kier molecular flexibility index (Phi) is 6.44. The molecular formula is C20H16N4O8S. The van der Waals surface area contributed by atoms with Gasteiger partial charge in [0.2, 0.25) is 0 Å². The van der Waals surface area contributed by atoms with Gasteiger partial charge in [-0.15, -0.1) is 0 Å². The van der Waals surface area contributed by atoms with Crippen molar-refractivity contribution in [2.45, 2.75) is 4.90 Å². The van der Waals surface area contributed by atoms with Crippen LogP contribution in [0.15, 0.2) is 70.7 Å². The van der Waals surface area contributed by atoms with E-state index in [0.717, 1.165) is 30.5 Å². The molecule has 0 unspecified atom stereocenters. The molecule has 5 N–H and O–H groups in total. The van der Waals surface area contributed by atoms with Crippen molar-refractivity contribution in [2.24, 2.45) is 5.10 Å². The van der Waals surface area contributed by atoms with Crippen LogP contribution in [0.5, 0.6) is 11.5 Å². The predicted octanol–water partition coefficient (Wildman–Crippen LogP) is 2.95. The molecule has 0 aliphatic carbocycles. The number of carboxylic acids is 1. The molecule has 0 bridgehead atoms. The van der Waals surface area contributed by atoms with Gasteiger partial charge in [-0.1, -0.05) is 12.1 Å². The SMILES string of the molecule is O=C(O)c1ccccc1NS(=O)(=O)c1cc([N+](=O)[O-])ccc1N/N=C\c1ccc(O)cc1O. The summed E-state index contributed by atoms with van der Waals surface area (Å²) in [6.45, 7) is 0. The number of non-ortho nitro benzene ring substituents is 1. The molecule has 0 spiro atoms. The summed E-state index contributed by atoms with van der Waals surface area (Å²) in [4.78, 5) is 21.2. The first-order valence-corrected chi connectivity index (χ1v) is 10.5. The Morgan fingerprint density at radius 1 is 1.03 bits per heavy atom. The molecular weight excluding hydrogens is 456 g/mol. The smallest absolute Gasteiger partial charge is 0.337 e. The van der Waals surface area contributed by atoms with Crippen LogP contribution in [0.1, 0.15) is 15.9 Å². The van der Waals surface area contributed by atoms with E-state index in [1.54, 1.807) is 0 Å². The number of phenolic OH excluding ortho intramolecular Hbond substituents is 2. The number of aromatic hydroxyl groups is 2. The fourth-order valence-corrected chi connectivity index (χ4v) is 3.97. The van der Waals surface area contributed by atoms with Gasteiger partial charge >= 0.3 is 5.97 Å². The molecule has 13 heteroatoms. The van der Waals surface area contributed by atoms with Gasteiger partial charge in [0.1, 0.15) is 16.4 Å². The maximum atomic E-state index is 13.0. The van der Waals surface area contributed by atoms with Gasteiger partial charge in [-0.05, 0) is 30.3 Å². The number of nitrogens with one attached hydrogen (secondary N) is 2. The molecule has 0 radical (unpaired) electrons. The van der Waals surface area contributed by atoms with Gasteiger partial charge in [-0.25, -0.2) is 13.2 Å². The molecule has 33 heavy (non-hydrogen) atoms. The summed E-state index contributed by atoms with van der Waals surface area (Å²) in [5.74, 6) is -1.83. The third-order valence-electron chi connectivity index (χ3n) is 4.27. The van der Waals surface area contributed by atoms with Gasteiger partial charge in [-0.2, -0.15) is 5.10 Å². The first-order valence-electron chi connectivity index (χ1n) is 9.03. The number of para-hydroxylation sites is 1. The zero-order valence-corrected chi connectivity index (χ0v) is 17.4. The van der Waals surface area contributed by atoms with Gasteiger partial charge in [-0.3, -0.25) is 20.3 Å². The Morgan fingerprint density at radius 2 is 1.76 bits per heavy atom. The summed E-state index contributed by atoms with van der Waals surface area (Å²) in [5, 5.41) is 43.4. The summed E-state index contributed by atoms with van der Waals surface area (Å²) >= 11 is 0. The molecule has 0 heterocycles. The van der Waals surface area contributed by atoms with Crippen molar-refractivity contribution in [1.29, 1.82) is 0 Å². The molecule has 0 amide bonds. The average molecular weight is 472 g/mol. The molecule has 0 saturated carbocycles. The number of benzene rings is 3. The van der Waals surface area contributed by atoms with Gasteiger partial charge in [0.25, 0.3) is 15.7 Å². The largest absolute Gasteiger partial charge is 0.508 e.